The maximum Gasteiger partial charge on any atom is 0.251 e. The highest BCUT2D eigenvalue weighted by Crippen LogP contribution is 2.27. The zero-order valence-electron chi connectivity index (χ0n) is 14.0. The Bertz CT molecular complexity index is 872. The Morgan fingerprint density at radius 1 is 1.12 bits per heavy atom. The van der Waals surface area contributed by atoms with E-state index in [9.17, 15) is 4.79 Å². The van der Waals surface area contributed by atoms with Crippen molar-refractivity contribution in [2.75, 3.05) is 13.1 Å². The molecule has 0 bridgehead atoms. The predicted molar refractivity (Wildman–Crippen MR) is 99.4 cm³/mol. The van der Waals surface area contributed by atoms with E-state index in [-0.39, 0.29) is 11.9 Å². The summed E-state index contributed by atoms with van der Waals surface area (Å²) in [5.41, 5.74) is 1.85. The van der Waals surface area contributed by atoms with Crippen molar-refractivity contribution < 1.29 is 4.79 Å². The largest absolute Gasteiger partial charge is 0.345 e. The molecule has 4 heteroatoms. The lowest BCUT2D eigenvalue weighted by molar-refractivity contribution is 0.0924. The molecule has 25 heavy (non-hydrogen) atoms. The van der Waals surface area contributed by atoms with E-state index in [4.69, 9.17) is 0 Å². The lowest BCUT2D eigenvalue weighted by Gasteiger charge is -2.25. The summed E-state index contributed by atoms with van der Waals surface area (Å²) in [7, 11) is 0. The number of fused-ring (bicyclic) bond motifs is 1. The minimum Gasteiger partial charge on any atom is -0.345 e. The van der Waals surface area contributed by atoms with Gasteiger partial charge in [-0.2, -0.15) is 0 Å². The molecule has 0 saturated carbocycles. The molecule has 1 unspecified atom stereocenters. The Morgan fingerprint density at radius 3 is 2.80 bits per heavy atom. The van der Waals surface area contributed by atoms with E-state index < -0.39 is 0 Å². The van der Waals surface area contributed by atoms with Crippen LogP contribution in [0, 0.1) is 5.92 Å². The van der Waals surface area contributed by atoms with Crippen LogP contribution in [-0.2, 0) is 0 Å². The average Bonchev–Trinajstić information content (AvgIpc) is 3.20. The summed E-state index contributed by atoms with van der Waals surface area (Å²) >= 11 is 0. The van der Waals surface area contributed by atoms with E-state index in [0.717, 1.165) is 35.8 Å². The van der Waals surface area contributed by atoms with Gasteiger partial charge in [-0.1, -0.05) is 36.4 Å². The summed E-state index contributed by atoms with van der Waals surface area (Å²) in [6.45, 7) is 1.94. The van der Waals surface area contributed by atoms with E-state index in [2.05, 4.69) is 27.8 Å². The number of hydrogen-bond acceptors (Lipinski definition) is 3. The van der Waals surface area contributed by atoms with Gasteiger partial charge in [-0.25, -0.2) is 0 Å². The molecule has 1 fully saturated rings. The van der Waals surface area contributed by atoms with E-state index in [1.165, 1.54) is 0 Å². The third-order valence-electron chi connectivity index (χ3n) is 4.92. The SMILES string of the molecule is O=C(NC(c1ccccc1)[C@@H]1CCNC1)c1ccc2cnccc2c1. The van der Waals surface area contributed by atoms with Crippen LogP contribution in [0.15, 0.2) is 67.0 Å². The van der Waals surface area contributed by atoms with Crippen molar-refractivity contribution in [2.24, 2.45) is 5.92 Å². The first kappa shape index (κ1) is 15.8. The van der Waals surface area contributed by atoms with Crippen LogP contribution in [0.25, 0.3) is 10.8 Å². The summed E-state index contributed by atoms with van der Waals surface area (Å²) in [6, 6.07) is 18.0. The Balaban J connectivity index is 1.61. The van der Waals surface area contributed by atoms with Crippen molar-refractivity contribution in [3.63, 3.8) is 0 Å². The topological polar surface area (TPSA) is 54.0 Å². The normalized spacial score (nSPS) is 18.2. The van der Waals surface area contributed by atoms with Gasteiger partial charge in [0.25, 0.3) is 5.91 Å². The average molecular weight is 331 g/mol. The zero-order valence-corrected chi connectivity index (χ0v) is 14.0. The van der Waals surface area contributed by atoms with Gasteiger partial charge in [0.2, 0.25) is 0 Å². The van der Waals surface area contributed by atoms with Gasteiger partial charge in [0.15, 0.2) is 0 Å². The Labute approximate surface area is 147 Å². The number of carbonyl (C=O) groups is 1. The fraction of sp³-hybridized carbons (Fsp3) is 0.238. The number of benzene rings is 2. The number of rotatable bonds is 4. The van der Waals surface area contributed by atoms with Gasteiger partial charge in [-0.05, 0) is 48.0 Å². The molecular weight excluding hydrogens is 310 g/mol. The van der Waals surface area contributed by atoms with Crippen molar-refractivity contribution in [2.45, 2.75) is 12.5 Å². The first-order chi connectivity index (χ1) is 12.3. The van der Waals surface area contributed by atoms with Gasteiger partial charge in [0.05, 0.1) is 6.04 Å². The van der Waals surface area contributed by atoms with Gasteiger partial charge >= 0.3 is 0 Å². The first-order valence-electron chi connectivity index (χ1n) is 8.71. The van der Waals surface area contributed by atoms with Crippen molar-refractivity contribution in [3.05, 3.63) is 78.1 Å². The number of carbonyl (C=O) groups excluding carboxylic acids is 1. The highest BCUT2D eigenvalue weighted by Gasteiger charge is 2.27. The Kier molecular flexibility index (Phi) is 4.44. The quantitative estimate of drug-likeness (QED) is 0.771. The van der Waals surface area contributed by atoms with E-state index >= 15 is 0 Å². The number of hydrogen-bond donors (Lipinski definition) is 2. The van der Waals surface area contributed by atoms with Crippen molar-refractivity contribution in [1.29, 1.82) is 0 Å². The summed E-state index contributed by atoms with van der Waals surface area (Å²) in [6.07, 6.45) is 4.64. The second-order valence-corrected chi connectivity index (χ2v) is 6.55. The van der Waals surface area contributed by atoms with Crippen LogP contribution in [0.3, 0.4) is 0 Å². The van der Waals surface area contributed by atoms with Crippen LogP contribution < -0.4 is 10.6 Å². The van der Waals surface area contributed by atoms with Gasteiger partial charge in [0.1, 0.15) is 0 Å². The van der Waals surface area contributed by atoms with Crippen LogP contribution in [0.1, 0.15) is 28.4 Å². The van der Waals surface area contributed by atoms with Gasteiger partial charge in [0, 0.05) is 29.9 Å². The molecule has 126 valence electrons. The minimum absolute atomic E-state index is 0.0248. The summed E-state index contributed by atoms with van der Waals surface area (Å²) in [5, 5.41) is 8.73. The molecule has 0 spiro atoms. The molecule has 1 aromatic heterocycles. The highest BCUT2D eigenvalue weighted by atomic mass is 16.1. The third-order valence-corrected chi connectivity index (χ3v) is 4.92. The van der Waals surface area contributed by atoms with Gasteiger partial charge < -0.3 is 10.6 Å². The van der Waals surface area contributed by atoms with Crippen LogP contribution in [0.5, 0.6) is 0 Å². The lowest BCUT2D eigenvalue weighted by atomic mass is 9.92. The molecule has 4 nitrogen and oxygen atoms in total. The molecule has 2 N–H and O–H groups in total. The minimum atomic E-state index is -0.0283. The monoisotopic (exact) mass is 331 g/mol. The number of amides is 1. The Morgan fingerprint density at radius 2 is 2.00 bits per heavy atom. The van der Waals surface area contributed by atoms with Crippen molar-refractivity contribution in [3.8, 4) is 0 Å². The second kappa shape index (κ2) is 7.03. The molecule has 0 aliphatic carbocycles. The fourth-order valence-corrected chi connectivity index (χ4v) is 3.54. The summed E-state index contributed by atoms with van der Waals surface area (Å²) in [5.74, 6) is 0.385. The number of pyridine rings is 1. The van der Waals surface area contributed by atoms with Crippen LogP contribution >= 0.6 is 0 Å². The zero-order chi connectivity index (χ0) is 17.1. The van der Waals surface area contributed by atoms with E-state index in [0.29, 0.717) is 11.5 Å². The van der Waals surface area contributed by atoms with Gasteiger partial charge in [-0.3, -0.25) is 9.78 Å². The predicted octanol–water partition coefficient (Wildman–Crippen LogP) is 3.32. The first-order valence-corrected chi connectivity index (χ1v) is 8.71. The lowest BCUT2D eigenvalue weighted by Crippen LogP contribution is -2.34. The number of aromatic nitrogens is 1. The third kappa shape index (κ3) is 3.39. The fourth-order valence-electron chi connectivity index (χ4n) is 3.54. The van der Waals surface area contributed by atoms with Crippen molar-refractivity contribution >= 4 is 16.7 Å². The molecule has 3 aromatic rings. The van der Waals surface area contributed by atoms with Gasteiger partial charge in [-0.15, -0.1) is 0 Å². The number of nitrogens with zero attached hydrogens (tertiary/aromatic N) is 1. The molecule has 2 aromatic carbocycles. The molecular formula is C21H21N3O. The summed E-state index contributed by atoms with van der Waals surface area (Å²) in [4.78, 5) is 17.0. The number of nitrogens with one attached hydrogen (secondary N) is 2. The molecule has 4 rings (SSSR count). The smallest absolute Gasteiger partial charge is 0.251 e. The maximum absolute atomic E-state index is 12.9. The molecule has 1 aliphatic rings. The molecule has 1 aliphatic heterocycles. The second-order valence-electron chi connectivity index (χ2n) is 6.55. The molecule has 1 amide bonds. The van der Waals surface area contributed by atoms with Crippen LogP contribution in [0.4, 0.5) is 0 Å². The highest BCUT2D eigenvalue weighted by molar-refractivity contribution is 5.98. The Hall–Kier alpha value is -2.72. The van der Waals surface area contributed by atoms with E-state index in [1.807, 2.05) is 48.7 Å². The van der Waals surface area contributed by atoms with Crippen LogP contribution in [0.2, 0.25) is 0 Å². The summed E-state index contributed by atoms with van der Waals surface area (Å²) < 4.78 is 0. The molecule has 0 radical (unpaired) electrons. The maximum atomic E-state index is 12.9. The van der Waals surface area contributed by atoms with Crippen molar-refractivity contribution in [1.82, 2.24) is 15.6 Å². The molecule has 1 saturated heterocycles. The van der Waals surface area contributed by atoms with Crippen LogP contribution in [-0.4, -0.2) is 24.0 Å². The molecule has 2 atom stereocenters. The molecule has 2 heterocycles. The van der Waals surface area contributed by atoms with E-state index in [1.54, 1.807) is 6.20 Å². The standard InChI is InChI=1S/C21H21N3O/c25-21(17-6-7-18-13-22-10-8-16(18)12-17)24-20(19-9-11-23-14-19)15-4-2-1-3-5-15/h1-8,10,12-13,19-20,23H,9,11,14H2,(H,24,25)/t19-,20?/m1/s1.